The molecule has 1 aromatic heterocycles. The maximum atomic E-state index is 13.1. The van der Waals surface area contributed by atoms with E-state index in [2.05, 4.69) is 9.97 Å². The molecule has 3 heterocycles. The minimum Gasteiger partial charge on any atom is -0.384 e. The minimum atomic E-state index is -0.0654. The van der Waals surface area contributed by atoms with Crippen molar-refractivity contribution in [1.82, 2.24) is 14.9 Å². The van der Waals surface area contributed by atoms with E-state index in [1.165, 1.54) is 0 Å². The van der Waals surface area contributed by atoms with E-state index in [0.717, 1.165) is 5.56 Å². The van der Waals surface area contributed by atoms with E-state index < -0.39 is 0 Å². The van der Waals surface area contributed by atoms with E-state index in [0.29, 0.717) is 50.2 Å². The number of rotatable bonds is 4. The molecule has 2 aliphatic rings. The predicted molar refractivity (Wildman–Crippen MR) is 88.5 cm³/mol. The normalized spacial score (nSPS) is 25.9. The monoisotopic (exact) mass is 327 g/mol. The average Bonchev–Trinajstić information content (AvgIpc) is 3.30. The summed E-state index contributed by atoms with van der Waals surface area (Å²) in [5.74, 6) is 1.11. The van der Waals surface area contributed by atoms with Crippen molar-refractivity contribution in [3.05, 3.63) is 42.2 Å². The standard InChI is InChI=1S/C18H21N3O3/c1-23-11-18-10-21(8-13(18)9-24-12-18)17(22)15-5-3-2-4-14(15)16-19-6-7-20-16/h2-7,13H,8-12H2,1H3,(H,19,20)/t13-,18-/m0/s1. The van der Waals surface area contributed by atoms with E-state index in [1.807, 2.05) is 29.2 Å². The van der Waals surface area contributed by atoms with Crippen LogP contribution in [0.15, 0.2) is 36.7 Å². The van der Waals surface area contributed by atoms with Crippen LogP contribution in [0.3, 0.4) is 0 Å². The molecule has 4 rings (SSSR count). The lowest BCUT2D eigenvalue weighted by atomic mass is 9.82. The van der Waals surface area contributed by atoms with Gasteiger partial charge in [0.2, 0.25) is 0 Å². The van der Waals surface area contributed by atoms with Gasteiger partial charge in [0.15, 0.2) is 0 Å². The molecule has 0 unspecified atom stereocenters. The number of carbonyl (C=O) groups is 1. The SMILES string of the molecule is COC[C@@]12COC[C@@H]1CN(C(=O)c1ccccc1-c1ncc[nH]1)C2. The molecule has 2 aromatic rings. The van der Waals surface area contributed by atoms with Gasteiger partial charge in [0, 0.05) is 49.5 Å². The molecule has 0 radical (unpaired) electrons. The highest BCUT2D eigenvalue weighted by molar-refractivity contribution is 6.00. The Bertz CT molecular complexity index is 731. The number of aromatic nitrogens is 2. The smallest absolute Gasteiger partial charge is 0.254 e. The molecule has 0 bridgehead atoms. The lowest BCUT2D eigenvalue weighted by molar-refractivity contribution is 0.0489. The van der Waals surface area contributed by atoms with Crippen molar-refractivity contribution >= 4 is 5.91 Å². The summed E-state index contributed by atoms with van der Waals surface area (Å²) >= 11 is 0. The van der Waals surface area contributed by atoms with Gasteiger partial charge in [-0.3, -0.25) is 4.79 Å². The Morgan fingerprint density at radius 2 is 2.38 bits per heavy atom. The molecule has 1 N–H and O–H groups in total. The molecule has 2 aliphatic heterocycles. The highest BCUT2D eigenvalue weighted by atomic mass is 16.5. The molecule has 6 nitrogen and oxygen atoms in total. The number of amides is 1. The van der Waals surface area contributed by atoms with E-state index in [9.17, 15) is 4.79 Å². The van der Waals surface area contributed by atoms with Gasteiger partial charge in [-0.25, -0.2) is 4.98 Å². The van der Waals surface area contributed by atoms with Crippen LogP contribution in [0.25, 0.3) is 11.4 Å². The van der Waals surface area contributed by atoms with Gasteiger partial charge in [0.1, 0.15) is 5.82 Å². The van der Waals surface area contributed by atoms with Crippen LogP contribution in [0, 0.1) is 11.3 Å². The molecule has 0 spiro atoms. The first-order chi connectivity index (χ1) is 11.7. The van der Waals surface area contributed by atoms with Crippen molar-refractivity contribution in [2.45, 2.75) is 0 Å². The fourth-order valence-electron chi connectivity index (χ4n) is 3.94. The summed E-state index contributed by atoms with van der Waals surface area (Å²) in [6.07, 6.45) is 3.46. The predicted octanol–water partition coefficient (Wildman–Crippen LogP) is 1.81. The Labute approximate surface area is 140 Å². The van der Waals surface area contributed by atoms with Gasteiger partial charge in [0.05, 0.1) is 25.4 Å². The molecule has 126 valence electrons. The van der Waals surface area contributed by atoms with Gasteiger partial charge >= 0.3 is 0 Å². The topological polar surface area (TPSA) is 67.5 Å². The maximum absolute atomic E-state index is 13.1. The number of methoxy groups -OCH3 is 1. The molecule has 0 saturated carbocycles. The highest BCUT2D eigenvalue weighted by Gasteiger charge is 2.52. The fourth-order valence-corrected chi connectivity index (χ4v) is 3.94. The fraction of sp³-hybridized carbons (Fsp3) is 0.444. The summed E-state index contributed by atoms with van der Waals surface area (Å²) in [7, 11) is 1.71. The third kappa shape index (κ3) is 2.42. The first-order valence-electron chi connectivity index (χ1n) is 8.18. The zero-order valence-electron chi connectivity index (χ0n) is 13.7. The summed E-state index contributed by atoms with van der Waals surface area (Å²) in [5.41, 5.74) is 1.45. The number of H-pyrrole nitrogens is 1. The van der Waals surface area contributed by atoms with E-state index in [-0.39, 0.29) is 11.3 Å². The summed E-state index contributed by atoms with van der Waals surface area (Å²) in [4.78, 5) is 22.5. The molecule has 1 aromatic carbocycles. The molecular formula is C18H21N3O3. The number of imidazole rings is 1. The molecule has 2 atom stereocenters. The van der Waals surface area contributed by atoms with Crippen LogP contribution in [0.4, 0.5) is 0 Å². The first kappa shape index (κ1) is 15.4. The van der Waals surface area contributed by atoms with Gasteiger partial charge in [-0.1, -0.05) is 18.2 Å². The van der Waals surface area contributed by atoms with Gasteiger partial charge < -0.3 is 19.4 Å². The van der Waals surface area contributed by atoms with E-state index in [4.69, 9.17) is 9.47 Å². The van der Waals surface area contributed by atoms with Crippen molar-refractivity contribution in [3.63, 3.8) is 0 Å². The van der Waals surface area contributed by atoms with Crippen LogP contribution in [-0.4, -0.2) is 60.8 Å². The number of hydrogen-bond acceptors (Lipinski definition) is 4. The minimum absolute atomic E-state index is 0.0480. The van der Waals surface area contributed by atoms with Crippen molar-refractivity contribution < 1.29 is 14.3 Å². The van der Waals surface area contributed by atoms with Gasteiger partial charge in [0.25, 0.3) is 5.91 Å². The first-order valence-corrected chi connectivity index (χ1v) is 8.18. The Morgan fingerprint density at radius 1 is 1.50 bits per heavy atom. The molecule has 2 fully saturated rings. The van der Waals surface area contributed by atoms with Gasteiger partial charge in [-0.2, -0.15) is 0 Å². The Balaban J connectivity index is 1.62. The van der Waals surface area contributed by atoms with Crippen molar-refractivity contribution in [1.29, 1.82) is 0 Å². The van der Waals surface area contributed by atoms with Crippen molar-refractivity contribution in [3.8, 4) is 11.4 Å². The average molecular weight is 327 g/mol. The Kier molecular flexibility index (Phi) is 3.86. The summed E-state index contributed by atoms with van der Waals surface area (Å²) < 4.78 is 11.1. The zero-order chi connectivity index (χ0) is 16.6. The quantitative estimate of drug-likeness (QED) is 0.930. The highest BCUT2D eigenvalue weighted by Crippen LogP contribution is 2.42. The molecule has 0 aliphatic carbocycles. The van der Waals surface area contributed by atoms with Crippen LogP contribution >= 0.6 is 0 Å². The number of ether oxygens (including phenoxy) is 2. The van der Waals surface area contributed by atoms with Crippen molar-refractivity contribution in [2.24, 2.45) is 11.3 Å². The van der Waals surface area contributed by atoms with E-state index in [1.54, 1.807) is 19.5 Å². The van der Waals surface area contributed by atoms with E-state index >= 15 is 0 Å². The van der Waals surface area contributed by atoms with Crippen LogP contribution < -0.4 is 0 Å². The summed E-state index contributed by atoms with van der Waals surface area (Å²) in [5, 5.41) is 0. The lowest BCUT2D eigenvalue weighted by Gasteiger charge is -2.26. The largest absolute Gasteiger partial charge is 0.384 e. The van der Waals surface area contributed by atoms with Gasteiger partial charge in [-0.05, 0) is 6.07 Å². The molecular weight excluding hydrogens is 306 g/mol. The number of nitrogens with one attached hydrogen (secondary N) is 1. The number of nitrogens with zero attached hydrogens (tertiary/aromatic N) is 2. The van der Waals surface area contributed by atoms with Crippen LogP contribution in [0.2, 0.25) is 0 Å². The summed E-state index contributed by atoms with van der Waals surface area (Å²) in [6.45, 7) is 3.38. The number of fused-ring (bicyclic) bond motifs is 1. The molecule has 24 heavy (non-hydrogen) atoms. The number of benzene rings is 1. The maximum Gasteiger partial charge on any atom is 0.254 e. The third-order valence-electron chi connectivity index (χ3n) is 5.15. The number of likely N-dealkylation sites (tertiary alicyclic amines) is 1. The molecule has 6 heteroatoms. The second-order valence-electron chi connectivity index (χ2n) is 6.68. The second kappa shape index (κ2) is 6.03. The van der Waals surface area contributed by atoms with Crippen LogP contribution in [0.5, 0.6) is 0 Å². The molecule has 2 saturated heterocycles. The number of aromatic amines is 1. The Hall–Kier alpha value is -2.18. The van der Waals surface area contributed by atoms with Gasteiger partial charge in [-0.15, -0.1) is 0 Å². The third-order valence-corrected chi connectivity index (χ3v) is 5.15. The number of hydrogen-bond donors (Lipinski definition) is 1. The zero-order valence-corrected chi connectivity index (χ0v) is 13.7. The number of carbonyl (C=O) groups excluding carboxylic acids is 1. The second-order valence-corrected chi connectivity index (χ2v) is 6.68. The summed E-state index contributed by atoms with van der Waals surface area (Å²) in [6, 6.07) is 7.61. The van der Waals surface area contributed by atoms with Crippen molar-refractivity contribution in [2.75, 3.05) is 40.0 Å². The van der Waals surface area contributed by atoms with Crippen LogP contribution in [-0.2, 0) is 9.47 Å². The molecule has 1 amide bonds. The lowest BCUT2D eigenvalue weighted by Crippen LogP contribution is -2.37. The Morgan fingerprint density at radius 3 is 3.17 bits per heavy atom. The van der Waals surface area contributed by atoms with Crippen LogP contribution in [0.1, 0.15) is 10.4 Å².